The van der Waals surface area contributed by atoms with Gasteiger partial charge in [0, 0.05) is 6.42 Å². The molecule has 0 spiro atoms. The summed E-state index contributed by atoms with van der Waals surface area (Å²) in [5, 5.41) is 9.66. The zero-order valence-corrected chi connectivity index (χ0v) is 15.0. The lowest BCUT2D eigenvalue weighted by Crippen LogP contribution is -2.46. The molecule has 5 nitrogen and oxygen atoms in total. The van der Waals surface area contributed by atoms with Crippen LogP contribution in [0.5, 0.6) is 0 Å². The Morgan fingerprint density at radius 3 is 2.28 bits per heavy atom. The van der Waals surface area contributed by atoms with Gasteiger partial charge in [-0.2, -0.15) is 0 Å². The summed E-state index contributed by atoms with van der Waals surface area (Å²) in [4.78, 5) is 11.8. The number of carboxylic acids is 1. The molecule has 1 N–H and O–H groups in total. The molecule has 0 aromatic heterocycles. The minimum Gasteiger partial charge on any atom is -0.480 e. The number of carbonyl (C=O) groups is 1. The van der Waals surface area contributed by atoms with Crippen molar-refractivity contribution in [2.24, 2.45) is 0 Å². The van der Waals surface area contributed by atoms with E-state index in [-0.39, 0.29) is 12.1 Å². The fourth-order valence-corrected chi connectivity index (χ4v) is 3.82. The summed E-state index contributed by atoms with van der Waals surface area (Å²) in [5.74, 6) is -1.80. The SMILES string of the molecule is Cc1ccc(C)c(C[C@H](C(=O)O)N(c2ccc(F)cc2)S(C)(=O)=O)c1. The Balaban J connectivity index is 2.52. The largest absolute Gasteiger partial charge is 0.480 e. The predicted octanol–water partition coefficient (Wildman–Crippen LogP) is 2.90. The van der Waals surface area contributed by atoms with Crippen LogP contribution in [-0.4, -0.2) is 31.8 Å². The number of rotatable bonds is 6. The van der Waals surface area contributed by atoms with Crippen LogP contribution in [0.25, 0.3) is 0 Å². The second kappa shape index (κ2) is 7.23. The minimum atomic E-state index is -3.89. The lowest BCUT2D eigenvalue weighted by molar-refractivity contribution is -0.138. The first-order chi connectivity index (χ1) is 11.6. The summed E-state index contributed by atoms with van der Waals surface area (Å²) in [6.45, 7) is 3.73. The molecule has 7 heteroatoms. The van der Waals surface area contributed by atoms with Crippen molar-refractivity contribution in [1.82, 2.24) is 0 Å². The van der Waals surface area contributed by atoms with Crippen LogP contribution in [0.4, 0.5) is 10.1 Å². The highest BCUT2D eigenvalue weighted by Gasteiger charge is 2.33. The molecule has 0 unspecified atom stereocenters. The maximum absolute atomic E-state index is 13.2. The Bertz CT molecular complexity index is 878. The predicted molar refractivity (Wildman–Crippen MR) is 94.8 cm³/mol. The van der Waals surface area contributed by atoms with Gasteiger partial charge in [0.25, 0.3) is 0 Å². The van der Waals surface area contributed by atoms with Crippen molar-refractivity contribution < 1.29 is 22.7 Å². The molecule has 134 valence electrons. The lowest BCUT2D eigenvalue weighted by atomic mass is 9.98. The third-order valence-electron chi connectivity index (χ3n) is 3.92. The van der Waals surface area contributed by atoms with E-state index in [2.05, 4.69) is 0 Å². The molecular formula is C18H20FNO4S. The number of aliphatic carboxylic acids is 1. The second-order valence-corrected chi connectivity index (χ2v) is 7.88. The molecule has 0 aliphatic rings. The van der Waals surface area contributed by atoms with Gasteiger partial charge in [-0.25, -0.2) is 17.6 Å². The van der Waals surface area contributed by atoms with Crippen LogP contribution in [0.3, 0.4) is 0 Å². The van der Waals surface area contributed by atoms with E-state index in [9.17, 15) is 22.7 Å². The Hall–Kier alpha value is -2.41. The highest BCUT2D eigenvalue weighted by molar-refractivity contribution is 7.92. The first-order valence-electron chi connectivity index (χ1n) is 7.63. The fourth-order valence-electron chi connectivity index (χ4n) is 2.69. The number of anilines is 1. The minimum absolute atomic E-state index is 0.00724. The number of hydrogen-bond donors (Lipinski definition) is 1. The summed E-state index contributed by atoms with van der Waals surface area (Å²) >= 11 is 0. The maximum Gasteiger partial charge on any atom is 0.327 e. The van der Waals surface area contributed by atoms with E-state index in [1.54, 1.807) is 0 Å². The van der Waals surface area contributed by atoms with Crippen LogP contribution >= 0.6 is 0 Å². The van der Waals surface area contributed by atoms with Gasteiger partial charge < -0.3 is 5.11 Å². The van der Waals surface area contributed by atoms with Crippen LogP contribution in [0, 0.1) is 19.7 Å². The molecule has 0 amide bonds. The van der Waals surface area contributed by atoms with Crippen molar-refractivity contribution in [3.8, 4) is 0 Å². The van der Waals surface area contributed by atoms with Gasteiger partial charge in [0.2, 0.25) is 10.0 Å². The van der Waals surface area contributed by atoms with E-state index in [0.717, 1.165) is 39.4 Å². The number of nitrogens with zero attached hydrogens (tertiary/aromatic N) is 1. The van der Waals surface area contributed by atoms with E-state index in [1.807, 2.05) is 32.0 Å². The van der Waals surface area contributed by atoms with E-state index in [4.69, 9.17) is 0 Å². The number of carboxylic acid groups (broad SMARTS) is 1. The first-order valence-corrected chi connectivity index (χ1v) is 9.48. The van der Waals surface area contributed by atoms with Gasteiger partial charge in [0.05, 0.1) is 11.9 Å². The van der Waals surface area contributed by atoms with Gasteiger partial charge in [-0.15, -0.1) is 0 Å². The molecule has 0 saturated carbocycles. The number of benzene rings is 2. The highest BCUT2D eigenvalue weighted by atomic mass is 32.2. The Morgan fingerprint density at radius 2 is 1.76 bits per heavy atom. The molecule has 0 radical (unpaired) electrons. The molecule has 0 aliphatic carbocycles. The van der Waals surface area contributed by atoms with Gasteiger partial charge in [0.1, 0.15) is 11.9 Å². The van der Waals surface area contributed by atoms with Crippen LogP contribution in [0.2, 0.25) is 0 Å². The van der Waals surface area contributed by atoms with Gasteiger partial charge in [0.15, 0.2) is 0 Å². The number of hydrogen-bond acceptors (Lipinski definition) is 3. The van der Waals surface area contributed by atoms with E-state index in [0.29, 0.717) is 0 Å². The van der Waals surface area contributed by atoms with Crippen molar-refractivity contribution in [2.75, 3.05) is 10.6 Å². The van der Waals surface area contributed by atoms with Crippen LogP contribution < -0.4 is 4.31 Å². The molecule has 0 aliphatic heterocycles. The Morgan fingerprint density at radius 1 is 1.16 bits per heavy atom. The standard InChI is InChI=1S/C18H20FNO4S/c1-12-4-5-13(2)14(10-12)11-17(18(21)22)20(25(3,23)24)16-8-6-15(19)7-9-16/h4-10,17H,11H2,1-3H3,(H,21,22)/t17-/m1/s1. The Labute approximate surface area is 146 Å². The zero-order valence-electron chi connectivity index (χ0n) is 14.2. The van der Waals surface area contributed by atoms with Crippen molar-refractivity contribution in [3.63, 3.8) is 0 Å². The highest BCUT2D eigenvalue weighted by Crippen LogP contribution is 2.24. The molecule has 0 bridgehead atoms. The summed E-state index contributed by atoms with van der Waals surface area (Å²) in [6.07, 6.45) is 0.947. The molecule has 0 saturated heterocycles. The van der Waals surface area contributed by atoms with E-state index >= 15 is 0 Å². The van der Waals surface area contributed by atoms with Gasteiger partial charge in [-0.3, -0.25) is 4.31 Å². The van der Waals surface area contributed by atoms with Gasteiger partial charge >= 0.3 is 5.97 Å². The summed E-state index contributed by atoms with van der Waals surface area (Å²) in [5.41, 5.74) is 2.70. The van der Waals surface area contributed by atoms with Crippen molar-refractivity contribution in [1.29, 1.82) is 0 Å². The normalized spacial score (nSPS) is 12.6. The quantitative estimate of drug-likeness (QED) is 0.854. The molecule has 0 heterocycles. The summed E-state index contributed by atoms with van der Waals surface area (Å²) < 4.78 is 38.5. The van der Waals surface area contributed by atoms with E-state index < -0.39 is 27.9 Å². The molecule has 2 aromatic rings. The van der Waals surface area contributed by atoms with Gasteiger partial charge in [-0.1, -0.05) is 23.8 Å². The maximum atomic E-state index is 13.2. The lowest BCUT2D eigenvalue weighted by Gasteiger charge is -2.29. The summed E-state index contributed by atoms with van der Waals surface area (Å²) in [6, 6.07) is 9.01. The molecular weight excluding hydrogens is 345 g/mol. The smallest absolute Gasteiger partial charge is 0.327 e. The fraction of sp³-hybridized carbons (Fsp3) is 0.278. The average molecular weight is 365 g/mol. The van der Waals surface area contributed by atoms with E-state index in [1.165, 1.54) is 12.1 Å². The number of sulfonamides is 1. The number of halogens is 1. The topological polar surface area (TPSA) is 74.7 Å². The van der Waals surface area contributed by atoms with Gasteiger partial charge in [-0.05, 0) is 49.2 Å². The number of aryl methyl sites for hydroxylation is 2. The third-order valence-corrected chi connectivity index (χ3v) is 5.10. The van der Waals surface area contributed by atoms with Crippen molar-refractivity contribution >= 4 is 21.7 Å². The zero-order chi connectivity index (χ0) is 18.8. The van der Waals surface area contributed by atoms with Crippen LogP contribution in [-0.2, 0) is 21.2 Å². The molecule has 2 rings (SSSR count). The molecule has 1 atom stereocenters. The van der Waals surface area contributed by atoms with Crippen molar-refractivity contribution in [3.05, 3.63) is 65.0 Å². The molecule has 0 fully saturated rings. The molecule has 2 aromatic carbocycles. The van der Waals surface area contributed by atoms with Crippen molar-refractivity contribution in [2.45, 2.75) is 26.3 Å². The monoisotopic (exact) mass is 365 g/mol. The summed E-state index contributed by atoms with van der Waals surface area (Å²) in [7, 11) is -3.89. The average Bonchev–Trinajstić information content (AvgIpc) is 2.50. The van der Waals surface area contributed by atoms with Crippen LogP contribution in [0.1, 0.15) is 16.7 Å². The Kier molecular flexibility index (Phi) is 5.47. The molecule has 25 heavy (non-hydrogen) atoms. The van der Waals surface area contributed by atoms with Crippen LogP contribution in [0.15, 0.2) is 42.5 Å². The second-order valence-electron chi connectivity index (χ2n) is 6.02. The first kappa shape index (κ1) is 18.9. The third kappa shape index (κ3) is 4.57.